The minimum atomic E-state index is -3.66. The summed E-state index contributed by atoms with van der Waals surface area (Å²) in [6.07, 6.45) is 6.69. The van der Waals surface area contributed by atoms with Gasteiger partial charge in [0.25, 0.3) is 0 Å². The number of benzene rings is 1. The Morgan fingerprint density at radius 1 is 1.03 bits per heavy atom. The Morgan fingerprint density at radius 3 is 2.15 bits per heavy atom. The van der Waals surface area contributed by atoms with Crippen LogP contribution in [0, 0.1) is 23.2 Å². The topological polar surface area (TPSA) is 86.8 Å². The van der Waals surface area contributed by atoms with Crippen molar-refractivity contribution in [2.24, 2.45) is 23.2 Å². The van der Waals surface area contributed by atoms with Gasteiger partial charge in [-0.25, -0.2) is 8.42 Å². The fourth-order valence-corrected chi connectivity index (χ4v) is 8.72. The summed E-state index contributed by atoms with van der Waals surface area (Å²) in [6, 6.07) is 5.61. The lowest BCUT2D eigenvalue weighted by atomic mass is 9.49. The molecule has 1 aromatic rings. The van der Waals surface area contributed by atoms with E-state index in [1.165, 1.54) is 35.7 Å². The van der Waals surface area contributed by atoms with E-state index in [0.717, 1.165) is 19.3 Å². The van der Waals surface area contributed by atoms with E-state index in [-0.39, 0.29) is 35.2 Å². The molecule has 6 rings (SSSR count). The van der Waals surface area contributed by atoms with Gasteiger partial charge in [0.2, 0.25) is 21.8 Å². The van der Waals surface area contributed by atoms with E-state index < -0.39 is 16.1 Å². The molecule has 5 fully saturated rings. The molecule has 1 aliphatic heterocycles. The standard InChI is InChI=1S/C24H32ClN3O4S/c1-16(26-23(30)24-13-17-9-18(14-24)11-19(10-17)15-24)22(29)27-5-7-28(8-6-27)33(31,32)21-4-2-3-20(25)12-21/h2-4,12,16-19H,5-11,13-15H2,1H3,(H,26,30). The van der Waals surface area contributed by atoms with Crippen LogP contribution in [0.2, 0.25) is 5.02 Å². The molecule has 5 aliphatic rings. The van der Waals surface area contributed by atoms with Crippen LogP contribution in [0.4, 0.5) is 0 Å². The summed E-state index contributed by atoms with van der Waals surface area (Å²) < 4.78 is 27.2. The number of carbonyl (C=O) groups is 2. The lowest BCUT2D eigenvalue weighted by Gasteiger charge is -2.55. The summed E-state index contributed by atoms with van der Waals surface area (Å²) in [4.78, 5) is 28.2. The zero-order valence-corrected chi connectivity index (χ0v) is 20.6. The zero-order valence-electron chi connectivity index (χ0n) is 19.0. The fourth-order valence-electron chi connectivity index (χ4n) is 7.00. The molecular formula is C24H32ClN3O4S. The summed E-state index contributed by atoms with van der Waals surface area (Å²) in [5.41, 5.74) is -0.285. The first-order valence-electron chi connectivity index (χ1n) is 12.0. The van der Waals surface area contributed by atoms with Crippen molar-refractivity contribution in [3.05, 3.63) is 29.3 Å². The maximum atomic E-state index is 13.3. The molecular weight excluding hydrogens is 462 g/mol. The van der Waals surface area contributed by atoms with Gasteiger partial charge in [-0.2, -0.15) is 4.31 Å². The first kappa shape index (κ1) is 23.1. The highest BCUT2D eigenvalue weighted by molar-refractivity contribution is 7.89. The number of nitrogens with zero attached hydrogens (tertiary/aromatic N) is 2. The van der Waals surface area contributed by atoms with Crippen LogP contribution in [0.1, 0.15) is 45.4 Å². The SMILES string of the molecule is CC(NC(=O)C12CC3CC(CC(C3)C1)C2)C(=O)N1CCN(S(=O)(=O)c2cccc(Cl)c2)CC1. The van der Waals surface area contributed by atoms with Crippen molar-refractivity contribution >= 4 is 33.4 Å². The van der Waals surface area contributed by atoms with Crippen LogP contribution in [0.25, 0.3) is 0 Å². The summed E-state index contributed by atoms with van der Waals surface area (Å²) in [5.74, 6) is 1.91. The highest BCUT2D eigenvalue weighted by Crippen LogP contribution is 2.60. The number of hydrogen-bond donors (Lipinski definition) is 1. The average molecular weight is 494 g/mol. The van der Waals surface area contributed by atoms with Crippen LogP contribution in [0.15, 0.2) is 29.2 Å². The van der Waals surface area contributed by atoms with Crippen molar-refractivity contribution in [3.63, 3.8) is 0 Å². The van der Waals surface area contributed by atoms with Crippen LogP contribution in [-0.4, -0.2) is 61.7 Å². The van der Waals surface area contributed by atoms with E-state index in [1.807, 2.05) is 0 Å². The summed E-state index contributed by atoms with van der Waals surface area (Å²) >= 11 is 5.96. The smallest absolute Gasteiger partial charge is 0.244 e. The third kappa shape index (κ3) is 4.30. The van der Waals surface area contributed by atoms with E-state index in [4.69, 9.17) is 11.6 Å². The molecule has 1 unspecified atom stereocenters. The number of amides is 2. The second kappa shape index (κ2) is 8.54. The Balaban J connectivity index is 1.18. The van der Waals surface area contributed by atoms with Gasteiger partial charge in [-0.3, -0.25) is 9.59 Å². The molecule has 0 aromatic heterocycles. The van der Waals surface area contributed by atoms with Gasteiger partial charge in [0.15, 0.2) is 0 Å². The molecule has 4 aliphatic carbocycles. The molecule has 9 heteroatoms. The third-order valence-corrected chi connectivity index (χ3v) is 10.4. The van der Waals surface area contributed by atoms with Crippen LogP contribution < -0.4 is 5.32 Å². The number of carbonyl (C=O) groups excluding carboxylic acids is 2. The molecule has 1 saturated heterocycles. The number of nitrogens with one attached hydrogen (secondary N) is 1. The lowest BCUT2D eigenvalue weighted by Crippen LogP contribution is -2.58. The normalized spacial score (nSPS) is 32.5. The van der Waals surface area contributed by atoms with Crippen molar-refractivity contribution in [1.29, 1.82) is 0 Å². The van der Waals surface area contributed by atoms with E-state index in [9.17, 15) is 18.0 Å². The molecule has 1 heterocycles. The van der Waals surface area contributed by atoms with Crippen molar-refractivity contribution < 1.29 is 18.0 Å². The van der Waals surface area contributed by atoms with Crippen molar-refractivity contribution in [3.8, 4) is 0 Å². The first-order chi connectivity index (χ1) is 15.7. The Morgan fingerprint density at radius 2 is 1.61 bits per heavy atom. The van der Waals surface area contributed by atoms with Crippen LogP contribution in [0.5, 0.6) is 0 Å². The molecule has 0 radical (unpaired) electrons. The van der Waals surface area contributed by atoms with Gasteiger partial charge < -0.3 is 10.2 Å². The molecule has 1 aromatic carbocycles. The number of halogens is 1. The Labute approximate surface area is 200 Å². The number of hydrogen-bond acceptors (Lipinski definition) is 4. The van der Waals surface area contributed by atoms with Crippen molar-refractivity contribution in [1.82, 2.24) is 14.5 Å². The maximum Gasteiger partial charge on any atom is 0.244 e. The molecule has 0 spiro atoms. The molecule has 1 atom stereocenters. The van der Waals surface area contributed by atoms with Crippen molar-refractivity contribution in [2.45, 2.75) is 56.4 Å². The van der Waals surface area contributed by atoms with Gasteiger partial charge in [-0.05, 0) is 81.4 Å². The van der Waals surface area contributed by atoms with Gasteiger partial charge in [0.1, 0.15) is 6.04 Å². The molecule has 4 saturated carbocycles. The summed E-state index contributed by atoms with van der Waals surface area (Å²) in [6.45, 7) is 2.79. The van der Waals surface area contributed by atoms with E-state index >= 15 is 0 Å². The zero-order chi connectivity index (χ0) is 23.4. The van der Waals surface area contributed by atoms with Crippen LogP contribution in [0.3, 0.4) is 0 Å². The van der Waals surface area contributed by atoms with Gasteiger partial charge in [0.05, 0.1) is 4.90 Å². The van der Waals surface area contributed by atoms with Crippen molar-refractivity contribution in [2.75, 3.05) is 26.2 Å². The summed E-state index contributed by atoms with van der Waals surface area (Å²) in [7, 11) is -3.66. The highest BCUT2D eigenvalue weighted by atomic mass is 35.5. The predicted molar refractivity (Wildman–Crippen MR) is 125 cm³/mol. The predicted octanol–water partition coefficient (Wildman–Crippen LogP) is 2.89. The van der Waals surface area contributed by atoms with Crippen LogP contribution >= 0.6 is 11.6 Å². The summed E-state index contributed by atoms with van der Waals surface area (Å²) in [5, 5.41) is 3.40. The average Bonchev–Trinajstić information content (AvgIpc) is 2.77. The third-order valence-electron chi connectivity index (χ3n) is 8.22. The van der Waals surface area contributed by atoms with Gasteiger partial charge in [0, 0.05) is 36.6 Å². The first-order valence-corrected chi connectivity index (χ1v) is 13.8. The van der Waals surface area contributed by atoms with E-state index in [2.05, 4.69) is 5.32 Å². The largest absolute Gasteiger partial charge is 0.344 e. The van der Waals surface area contributed by atoms with Gasteiger partial charge in [-0.15, -0.1) is 0 Å². The molecule has 1 N–H and O–H groups in total. The second-order valence-corrected chi connectivity index (χ2v) is 13.0. The maximum absolute atomic E-state index is 13.3. The van der Waals surface area contributed by atoms with Gasteiger partial charge >= 0.3 is 0 Å². The number of piperazine rings is 1. The quantitative estimate of drug-likeness (QED) is 0.683. The van der Waals surface area contributed by atoms with Gasteiger partial charge in [-0.1, -0.05) is 17.7 Å². The molecule has 7 nitrogen and oxygen atoms in total. The molecule has 33 heavy (non-hydrogen) atoms. The lowest BCUT2D eigenvalue weighted by molar-refractivity contribution is -0.149. The molecule has 180 valence electrons. The monoisotopic (exact) mass is 493 g/mol. The Hall–Kier alpha value is -1.64. The Bertz CT molecular complexity index is 1020. The highest BCUT2D eigenvalue weighted by Gasteiger charge is 2.54. The molecule has 4 bridgehead atoms. The molecule has 2 amide bonds. The number of rotatable bonds is 5. The van der Waals surface area contributed by atoms with Crippen LogP contribution in [-0.2, 0) is 19.6 Å². The van der Waals surface area contributed by atoms with E-state index in [0.29, 0.717) is 35.9 Å². The Kier molecular flexibility index (Phi) is 5.98. The second-order valence-electron chi connectivity index (χ2n) is 10.6. The minimum absolute atomic E-state index is 0.0459. The number of sulfonamides is 1. The minimum Gasteiger partial charge on any atom is -0.344 e. The fraction of sp³-hybridized carbons (Fsp3) is 0.667. The van der Waals surface area contributed by atoms with E-state index in [1.54, 1.807) is 24.0 Å².